The van der Waals surface area contributed by atoms with E-state index in [-0.39, 0.29) is 18.3 Å². The van der Waals surface area contributed by atoms with Crippen LogP contribution in [0.2, 0.25) is 0 Å². The van der Waals surface area contributed by atoms with E-state index in [1.165, 1.54) is 10.4 Å². The zero-order chi connectivity index (χ0) is 15.5. The third kappa shape index (κ3) is 4.69. The fourth-order valence-electron chi connectivity index (χ4n) is 2.85. The van der Waals surface area contributed by atoms with Crippen molar-refractivity contribution in [1.82, 2.24) is 10.2 Å². The summed E-state index contributed by atoms with van der Waals surface area (Å²) >= 11 is 1.85. The molecule has 1 aliphatic rings. The second-order valence-corrected chi connectivity index (χ2v) is 7.32. The number of thiophene rings is 1. The number of rotatable bonds is 6. The minimum atomic E-state index is -0.753. The minimum Gasteiger partial charge on any atom is -0.353 e. The summed E-state index contributed by atoms with van der Waals surface area (Å²) in [6, 6.07) is 2.55. The summed E-state index contributed by atoms with van der Waals surface area (Å²) in [5, 5.41) is 5.19. The lowest BCUT2D eigenvalue weighted by Gasteiger charge is -2.33. The Bertz CT molecular complexity index is 489. The third-order valence-electron chi connectivity index (χ3n) is 4.31. The van der Waals surface area contributed by atoms with E-state index in [0.29, 0.717) is 12.6 Å². The van der Waals surface area contributed by atoms with Gasteiger partial charge in [0.2, 0.25) is 5.91 Å². The molecule has 3 N–H and O–H groups in total. The van der Waals surface area contributed by atoms with Crippen LogP contribution in [-0.4, -0.2) is 35.5 Å². The van der Waals surface area contributed by atoms with Gasteiger partial charge in [-0.05, 0) is 43.7 Å². The number of halogens is 1. The van der Waals surface area contributed by atoms with E-state index in [2.05, 4.69) is 28.6 Å². The molecule has 1 aromatic rings. The summed E-state index contributed by atoms with van der Waals surface area (Å²) in [6.45, 7) is 8.76. The predicted octanol–water partition coefficient (Wildman–Crippen LogP) is 2.55. The maximum atomic E-state index is 12.1. The summed E-state index contributed by atoms with van der Waals surface area (Å²) in [5.74, 6) is -0.0376. The molecule has 1 aliphatic heterocycles. The Balaban J connectivity index is 0.00000242. The molecule has 2 rings (SSSR count). The molecule has 1 aromatic heterocycles. The molecule has 2 unspecified atom stereocenters. The number of hydrogen-bond acceptors (Lipinski definition) is 4. The molecule has 0 radical (unpaired) electrons. The van der Waals surface area contributed by atoms with Crippen LogP contribution in [0.3, 0.4) is 0 Å². The van der Waals surface area contributed by atoms with Crippen LogP contribution in [0, 0.1) is 0 Å². The number of carbonyl (C=O) groups is 1. The Morgan fingerprint density at radius 1 is 1.59 bits per heavy atom. The van der Waals surface area contributed by atoms with Gasteiger partial charge in [0.1, 0.15) is 0 Å². The van der Waals surface area contributed by atoms with E-state index >= 15 is 0 Å². The van der Waals surface area contributed by atoms with Gasteiger partial charge < -0.3 is 11.1 Å². The monoisotopic (exact) mass is 345 g/mol. The van der Waals surface area contributed by atoms with E-state index in [0.717, 1.165) is 32.4 Å². The highest BCUT2D eigenvalue weighted by Gasteiger charge is 2.28. The van der Waals surface area contributed by atoms with Gasteiger partial charge in [0, 0.05) is 30.6 Å². The van der Waals surface area contributed by atoms with Gasteiger partial charge in [-0.2, -0.15) is 0 Å². The van der Waals surface area contributed by atoms with Crippen LogP contribution in [-0.2, 0) is 17.8 Å². The molecule has 4 nitrogen and oxygen atoms in total. The molecular weight excluding hydrogens is 318 g/mol. The number of hydrogen-bond donors (Lipinski definition) is 2. The number of nitrogens with two attached hydrogens (primary N) is 1. The third-order valence-corrected chi connectivity index (χ3v) is 5.33. The van der Waals surface area contributed by atoms with E-state index < -0.39 is 5.54 Å². The smallest absolute Gasteiger partial charge is 0.239 e. The summed E-state index contributed by atoms with van der Waals surface area (Å²) in [4.78, 5) is 16.1. The van der Waals surface area contributed by atoms with Gasteiger partial charge in [0.05, 0.1) is 5.54 Å². The zero-order valence-electron chi connectivity index (χ0n) is 13.7. The number of carbonyl (C=O) groups excluding carboxylic acids is 1. The lowest BCUT2D eigenvalue weighted by atomic mass is 9.96. The first kappa shape index (κ1) is 19.4. The van der Waals surface area contributed by atoms with Gasteiger partial charge in [-0.3, -0.25) is 9.69 Å². The van der Waals surface area contributed by atoms with Crippen molar-refractivity contribution in [2.24, 2.45) is 5.73 Å². The van der Waals surface area contributed by atoms with E-state index in [9.17, 15) is 4.79 Å². The molecule has 2 heterocycles. The first-order valence-electron chi connectivity index (χ1n) is 7.80. The first-order chi connectivity index (χ1) is 9.94. The lowest BCUT2D eigenvalue weighted by Crippen LogP contribution is -2.54. The molecule has 0 aromatic carbocycles. The van der Waals surface area contributed by atoms with Crippen molar-refractivity contribution in [2.75, 3.05) is 13.1 Å². The van der Waals surface area contributed by atoms with Crippen molar-refractivity contribution in [3.63, 3.8) is 0 Å². The van der Waals surface area contributed by atoms with Crippen LogP contribution in [0.5, 0.6) is 0 Å². The molecule has 6 heteroatoms. The average Bonchev–Trinajstić information content (AvgIpc) is 2.91. The van der Waals surface area contributed by atoms with Crippen LogP contribution < -0.4 is 11.1 Å². The topological polar surface area (TPSA) is 58.4 Å². The largest absolute Gasteiger partial charge is 0.353 e. The molecule has 0 spiro atoms. The molecule has 0 saturated heterocycles. The standard InChI is InChI=1S/C16H27N3OS.ClH/c1-4-7-16(3,17)15(20)18-10-12(2)19-8-5-14-13(11-19)6-9-21-14;/h6,9,12H,4-5,7-8,10-11,17H2,1-3H3,(H,18,20);1H. The maximum Gasteiger partial charge on any atom is 0.239 e. The Kier molecular flexibility index (Phi) is 7.32. The number of amides is 1. The second kappa shape index (κ2) is 8.29. The molecule has 0 aliphatic carbocycles. The first-order valence-corrected chi connectivity index (χ1v) is 8.68. The summed E-state index contributed by atoms with van der Waals surface area (Å²) in [7, 11) is 0. The molecular formula is C16H28ClN3OS. The van der Waals surface area contributed by atoms with Crippen LogP contribution in [0.25, 0.3) is 0 Å². The number of nitrogens with one attached hydrogen (secondary N) is 1. The molecule has 126 valence electrons. The number of fused-ring (bicyclic) bond motifs is 1. The SMILES string of the molecule is CCCC(C)(N)C(=O)NCC(C)N1CCc2sccc2C1.Cl. The highest BCUT2D eigenvalue weighted by atomic mass is 35.5. The van der Waals surface area contributed by atoms with Gasteiger partial charge >= 0.3 is 0 Å². The summed E-state index contributed by atoms with van der Waals surface area (Å²) < 4.78 is 0. The highest BCUT2D eigenvalue weighted by molar-refractivity contribution is 7.10. The Hall–Kier alpha value is -0.620. The van der Waals surface area contributed by atoms with E-state index in [1.54, 1.807) is 0 Å². The fourth-order valence-corrected chi connectivity index (χ4v) is 3.74. The van der Waals surface area contributed by atoms with Gasteiger partial charge in [0.25, 0.3) is 0 Å². The maximum absolute atomic E-state index is 12.1. The van der Waals surface area contributed by atoms with Gasteiger partial charge in [-0.25, -0.2) is 0 Å². The average molecular weight is 346 g/mol. The molecule has 0 saturated carbocycles. The quantitative estimate of drug-likeness (QED) is 0.833. The fraction of sp³-hybridized carbons (Fsp3) is 0.688. The van der Waals surface area contributed by atoms with Crippen LogP contribution in [0.15, 0.2) is 11.4 Å². The van der Waals surface area contributed by atoms with Crippen molar-refractivity contribution in [3.05, 3.63) is 21.9 Å². The van der Waals surface area contributed by atoms with Crippen molar-refractivity contribution in [3.8, 4) is 0 Å². The van der Waals surface area contributed by atoms with Crippen LogP contribution in [0.4, 0.5) is 0 Å². The molecule has 2 atom stereocenters. The lowest BCUT2D eigenvalue weighted by molar-refractivity contribution is -0.126. The Morgan fingerprint density at radius 2 is 2.32 bits per heavy atom. The van der Waals surface area contributed by atoms with Gasteiger partial charge in [-0.15, -0.1) is 23.7 Å². The highest BCUT2D eigenvalue weighted by Crippen LogP contribution is 2.25. The predicted molar refractivity (Wildman–Crippen MR) is 95.7 cm³/mol. The molecule has 22 heavy (non-hydrogen) atoms. The van der Waals surface area contributed by atoms with Crippen molar-refractivity contribution >= 4 is 29.7 Å². The van der Waals surface area contributed by atoms with E-state index in [4.69, 9.17) is 5.73 Å². The summed E-state index contributed by atoms with van der Waals surface area (Å²) in [5.41, 5.74) is 6.75. The Labute approximate surface area is 143 Å². The second-order valence-electron chi connectivity index (χ2n) is 6.32. The van der Waals surface area contributed by atoms with Gasteiger partial charge in [0.15, 0.2) is 0 Å². The zero-order valence-corrected chi connectivity index (χ0v) is 15.4. The number of nitrogens with zero attached hydrogens (tertiary/aromatic N) is 1. The van der Waals surface area contributed by atoms with Crippen molar-refractivity contribution in [1.29, 1.82) is 0 Å². The minimum absolute atomic E-state index is 0. The van der Waals surface area contributed by atoms with Crippen molar-refractivity contribution < 1.29 is 4.79 Å². The van der Waals surface area contributed by atoms with Crippen LogP contribution in [0.1, 0.15) is 44.1 Å². The van der Waals surface area contributed by atoms with Crippen molar-refractivity contribution in [2.45, 2.75) is 58.2 Å². The molecule has 0 fully saturated rings. The Morgan fingerprint density at radius 3 is 3.00 bits per heavy atom. The molecule has 0 bridgehead atoms. The normalized spacial score (nSPS) is 18.7. The summed E-state index contributed by atoms with van der Waals surface area (Å²) in [6.07, 6.45) is 2.76. The van der Waals surface area contributed by atoms with E-state index in [1.807, 2.05) is 25.2 Å². The van der Waals surface area contributed by atoms with Gasteiger partial charge in [-0.1, -0.05) is 13.3 Å². The molecule has 1 amide bonds. The van der Waals surface area contributed by atoms with Crippen LogP contribution >= 0.6 is 23.7 Å².